The third-order valence-electron chi connectivity index (χ3n) is 9.93. The Kier molecular flexibility index (Phi) is 43.9. The van der Waals surface area contributed by atoms with Gasteiger partial charge in [0.25, 0.3) is 0 Å². The first kappa shape index (κ1) is 54.6. The number of aliphatic hydroxyl groups is 1. The van der Waals surface area contributed by atoms with Crippen molar-refractivity contribution in [3.63, 3.8) is 0 Å². The molecule has 0 saturated carbocycles. The molecule has 9 heteroatoms. The van der Waals surface area contributed by atoms with Crippen LogP contribution in [0, 0.1) is 0 Å². The lowest BCUT2D eigenvalue weighted by atomic mass is 10.1. The predicted molar refractivity (Wildman–Crippen MR) is 227 cm³/mol. The fourth-order valence-electron chi connectivity index (χ4n) is 6.54. The number of phosphoric acid groups is 1. The van der Waals surface area contributed by atoms with Gasteiger partial charge in [-0.25, -0.2) is 4.57 Å². The van der Waals surface area contributed by atoms with Crippen LogP contribution in [0.4, 0.5) is 0 Å². The number of hydrogen-bond donors (Lipinski definition) is 1. The van der Waals surface area contributed by atoms with E-state index in [1.807, 2.05) is 6.92 Å². The van der Waals surface area contributed by atoms with Crippen LogP contribution in [0.3, 0.4) is 0 Å². The van der Waals surface area contributed by atoms with Crippen molar-refractivity contribution in [1.82, 2.24) is 4.90 Å². The van der Waals surface area contributed by atoms with E-state index in [1.54, 1.807) is 0 Å². The second kappa shape index (κ2) is 42.6. The minimum atomic E-state index is -3.51. The van der Waals surface area contributed by atoms with E-state index in [1.165, 1.54) is 83.5 Å². The molecule has 0 aromatic heterocycles. The normalized spacial score (nSPS) is 12.3. The summed E-state index contributed by atoms with van der Waals surface area (Å²) in [6, 6.07) is 0. The Bertz CT molecular complexity index is 765. The summed E-state index contributed by atoms with van der Waals surface area (Å²) in [4.78, 5) is 14.6. The van der Waals surface area contributed by atoms with Gasteiger partial charge in [-0.3, -0.25) is 18.4 Å². The first-order chi connectivity index (χ1) is 25.4. The van der Waals surface area contributed by atoms with Crippen molar-refractivity contribution in [3.8, 4) is 0 Å². The van der Waals surface area contributed by atoms with Gasteiger partial charge in [0.05, 0.1) is 32.5 Å². The molecule has 0 aliphatic heterocycles. The average molecular weight is 778 g/mol. The molecule has 0 aliphatic rings. The summed E-state index contributed by atoms with van der Waals surface area (Å²) in [5, 5.41) is 9.56. The maximum Gasteiger partial charge on any atom is 0.474 e. The minimum Gasteiger partial charge on any atom is -0.463 e. The summed E-state index contributed by atoms with van der Waals surface area (Å²) in [5.41, 5.74) is 0. The summed E-state index contributed by atoms with van der Waals surface area (Å²) in [7, 11) is -3.51. The van der Waals surface area contributed by atoms with Crippen LogP contribution in [0.5, 0.6) is 0 Å². The highest BCUT2D eigenvalue weighted by Gasteiger charge is 2.26. The highest BCUT2D eigenvalue weighted by molar-refractivity contribution is 7.48. The van der Waals surface area contributed by atoms with E-state index < -0.39 is 7.82 Å². The van der Waals surface area contributed by atoms with Gasteiger partial charge in [-0.15, -0.1) is 0 Å². The number of esters is 1. The zero-order valence-corrected chi connectivity index (χ0v) is 35.9. The summed E-state index contributed by atoms with van der Waals surface area (Å²) in [5.74, 6) is -0.0410. The summed E-state index contributed by atoms with van der Waals surface area (Å²) in [6.45, 7) is 12.9. The zero-order chi connectivity index (χ0) is 38.2. The van der Waals surface area contributed by atoms with Crippen LogP contribution in [0.2, 0.25) is 0 Å². The smallest absolute Gasteiger partial charge is 0.463 e. The number of hydrogen-bond acceptors (Lipinski definition) is 8. The van der Waals surface area contributed by atoms with Crippen LogP contribution >= 0.6 is 7.82 Å². The topological polar surface area (TPSA) is 94.5 Å². The van der Waals surface area contributed by atoms with Gasteiger partial charge in [-0.05, 0) is 71.4 Å². The summed E-state index contributed by atoms with van der Waals surface area (Å²) < 4.78 is 36.2. The molecule has 0 aliphatic carbocycles. The zero-order valence-electron chi connectivity index (χ0n) is 35.0. The number of ether oxygens (including phenoxy) is 1. The monoisotopic (exact) mass is 778 g/mol. The van der Waals surface area contributed by atoms with E-state index in [2.05, 4.69) is 25.7 Å². The number of carbonyl (C=O) groups excluding carboxylic acids is 1. The van der Waals surface area contributed by atoms with Gasteiger partial charge in [0.2, 0.25) is 0 Å². The fraction of sp³-hybridized carbons (Fsp3) is 0.977. The standard InChI is InChI=1S/C43H88NO7P.CH4/c1-5-8-11-14-19-26-33-42(4)51-43(46)34-27-20-17-21-28-35-44(37-38-45)36-29-22-18-25-32-41-50-52(47,48-39-30-23-15-12-9-6-2)49-40-31-24-16-13-10-7-3;/h42,45H,5-41H2,1-4H3;1H4. The number of nitrogens with zero attached hydrogens (tertiary/aromatic N) is 1. The third-order valence-corrected chi connectivity index (χ3v) is 11.4. The number of rotatable bonds is 43. The molecular formula is C44H92NO7P. The first-order valence-electron chi connectivity index (χ1n) is 22.5. The van der Waals surface area contributed by atoms with Crippen molar-refractivity contribution in [2.45, 2.75) is 234 Å². The molecule has 0 amide bonds. The van der Waals surface area contributed by atoms with Crippen molar-refractivity contribution in [2.75, 3.05) is 46.1 Å². The molecule has 320 valence electrons. The SMILES string of the molecule is C.CCCCCCCCOP(=O)(OCCCCCCCC)OCCCCCCCN(CCO)CCCCCCCC(=O)OC(C)CCCCCCCC. The Balaban J connectivity index is 0. The molecule has 0 radical (unpaired) electrons. The highest BCUT2D eigenvalue weighted by Crippen LogP contribution is 2.50. The third kappa shape index (κ3) is 39.5. The Hall–Kier alpha value is -0.500. The van der Waals surface area contributed by atoms with Gasteiger partial charge in [-0.1, -0.05) is 163 Å². The van der Waals surface area contributed by atoms with Crippen LogP contribution in [-0.4, -0.2) is 68.1 Å². The maximum atomic E-state index is 13.3. The van der Waals surface area contributed by atoms with E-state index in [-0.39, 0.29) is 26.1 Å². The average Bonchev–Trinajstić information content (AvgIpc) is 3.13. The lowest BCUT2D eigenvalue weighted by Crippen LogP contribution is -2.29. The molecule has 0 fully saturated rings. The minimum absolute atomic E-state index is 0. The van der Waals surface area contributed by atoms with E-state index >= 15 is 0 Å². The molecule has 53 heavy (non-hydrogen) atoms. The highest BCUT2D eigenvalue weighted by atomic mass is 31.2. The van der Waals surface area contributed by atoms with Crippen LogP contribution in [-0.2, 0) is 27.7 Å². The Morgan fingerprint density at radius 2 is 0.887 bits per heavy atom. The van der Waals surface area contributed by atoms with Gasteiger partial charge in [-0.2, -0.15) is 0 Å². The van der Waals surface area contributed by atoms with Crippen molar-refractivity contribution >= 4 is 13.8 Å². The lowest BCUT2D eigenvalue weighted by Gasteiger charge is -2.21. The van der Waals surface area contributed by atoms with Gasteiger partial charge >= 0.3 is 13.8 Å². The van der Waals surface area contributed by atoms with Gasteiger partial charge < -0.3 is 14.7 Å². The van der Waals surface area contributed by atoms with Crippen LogP contribution in [0.25, 0.3) is 0 Å². The molecular weight excluding hydrogens is 685 g/mol. The quantitative estimate of drug-likeness (QED) is 0.0371. The summed E-state index contributed by atoms with van der Waals surface area (Å²) in [6.07, 6.45) is 33.6. The Morgan fingerprint density at radius 1 is 0.528 bits per heavy atom. The van der Waals surface area contributed by atoms with Crippen molar-refractivity contribution in [1.29, 1.82) is 0 Å². The molecule has 1 atom stereocenters. The lowest BCUT2D eigenvalue weighted by molar-refractivity contribution is -0.148. The predicted octanol–water partition coefficient (Wildman–Crippen LogP) is 13.8. The Labute approximate surface area is 330 Å². The molecule has 0 spiro atoms. The van der Waals surface area contributed by atoms with E-state index in [9.17, 15) is 14.5 Å². The molecule has 0 bridgehead atoms. The van der Waals surface area contributed by atoms with E-state index in [4.69, 9.17) is 18.3 Å². The molecule has 0 saturated heterocycles. The number of unbranched alkanes of at least 4 members (excludes halogenated alkanes) is 23. The summed E-state index contributed by atoms with van der Waals surface area (Å²) >= 11 is 0. The van der Waals surface area contributed by atoms with Crippen molar-refractivity contribution in [3.05, 3.63) is 0 Å². The molecule has 8 nitrogen and oxygen atoms in total. The van der Waals surface area contributed by atoms with Gasteiger partial charge in [0, 0.05) is 13.0 Å². The second-order valence-electron chi connectivity index (χ2n) is 15.2. The van der Waals surface area contributed by atoms with Gasteiger partial charge in [0.1, 0.15) is 0 Å². The molecule has 0 aromatic rings. The number of aliphatic hydroxyl groups excluding tert-OH is 1. The largest absolute Gasteiger partial charge is 0.474 e. The van der Waals surface area contributed by atoms with Gasteiger partial charge in [0.15, 0.2) is 0 Å². The number of carbonyl (C=O) groups is 1. The van der Waals surface area contributed by atoms with Crippen molar-refractivity contribution in [2.24, 2.45) is 0 Å². The molecule has 0 heterocycles. The van der Waals surface area contributed by atoms with E-state index in [0.29, 0.717) is 26.2 Å². The van der Waals surface area contributed by atoms with Crippen molar-refractivity contribution < 1.29 is 32.8 Å². The van der Waals surface area contributed by atoms with Crippen LogP contribution in [0.1, 0.15) is 228 Å². The second-order valence-corrected chi connectivity index (χ2v) is 16.9. The molecule has 1 N–H and O–H groups in total. The molecule has 0 rings (SSSR count). The van der Waals surface area contributed by atoms with Crippen LogP contribution in [0.15, 0.2) is 0 Å². The number of phosphoric ester groups is 1. The molecule has 0 aromatic carbocycles. The first-order valence-corrected chi connectivity index (χ1v) is 23.9. The fourth-order valence-corrected chi connectivity index (χ4v) is 7.82. The van der Waals surface area contributed by atoms with Crippen LogP contribution < -0.4 is 0 Å². The Morgan fingerprint density at radius 3 is 1.30 bits per heavy atom. The molecule has 1 unspecified atom stereocenters. The maximum absolute atomic E-state index is 13.3. The van der Waals surface area contributed by atoms with E-state index in [0.717, 1.165) is 122 Å².